The second-order valence-electron chi connectivity index (χ2n) is 5.35. The van der Waals surface area contributed by atoms with Gasteiger partial charge in [0.15, 0.2) is 5.16 Å². The smallest absolute Gasteiger partial charge is 0.191 e. The van der Waals surface area contributed by atoms with E-state index in [0.29, 0.717) is 0 Å². The summed E-state index contributed by atoms with van der Waals surface area (Å²) in [5.41, 5.74) is 2.52. The number of aromatic nitrogens is 4. The van der Waals surface area contributed by atoms with Crippen LogP contribution in [0.5, 0.6) is 0 Å². The molecule has 3 aromatic rings. The van der Waals surface area contributed by atoms with Gasteiger partial charge in [-0.3, -0.25) is 0 Å². The largest absolute Gasteiger partial charge is 0.354 e. The van der Waals surface area contributed by atoms with E-state index < -0.39 is 0 Å². The molecule has 0 N–H and O–H groups in total. The average Bonchev–Trinajstić information content (AvgIpc) is 3.12. The molecule has 0 spiro atoms. The number of rotatable bonds is 6. The lowest BCUT2D eigenvalue weighted by atomic mass is 10.2. The topological polar surface area (TPSA) is 35.6 Å². The zero-order valence-corrected chi connectivity index (χ0v) is 15.6. The van der Waals surface area contributed by atoms with Gasteiger partial charge in [-0.15, -0.1) is 10.2 Å². The Kier molecular flexibility index (Phi) is 5.23. The Morgan fingerprint density at radius 1 is 1.17 bits per heavy atom. The van der Waals surface area contributed by atoms with Crippen LogP contribution in [0.2, 0.25) is 0 Å². The standard InChI is InChI=1S/C17H19BrN4S/c1-3-22-16(11-15-8-5-9-21(15)2)19-20-17(22)23-12-13-6-4-7-14(18)10-13/h4-10H,3,11-12H2,1-2H3. The Labute approximate surface area is 149 Å². The van der Waals surface area contributed by atoms with Crippen LogP contribution in [0.3, 0.4) is 0 Å². The van der Waals surface area contributed by atoms with Gasteiger partial charge in [-0.2, -0.15) is 0 Å². The van der Waals surface area contributed by atoms with E-state index in [1.54, 1.807) is 11.8 Å². The molecule has 0 atom stereocenters. The Morgan fingerprint density at radius 2 is 2.04 bits per heavy atom. The molecule has 0 unspecified atom stereocenters. The molecule has 3 rings (SSSR count). The van der Waals surface area contributed by atoms with Crippen LogP contribution in [0.25, 0.3) is 0 Å². The Morgan fingerprint density at radius 3 is 2.74 bits per heavy atom. The first-order valence-corrected chi connectivity index (χ1v) is 9.34. The highest BCUT2D eigenvalue weighted by molar-refractivity contribution is 9.10. The zero-order valence-electron chi connectivity index (χ0n) is 13.2. The van der Waals surface area contributed by atoms with E-state index in [2.05, 4.69) is 85.8 Å². The number of nitrogens with zero attached hydrogens (tertiary/aromatic N) is 4. The molecule has 23 heavy (non-hydrogen) atoms. The van der Waals surface area contributed by atoms with E-state index in [1.165, 1.54) is 11.3 Å². The highest BCUT2D eigenvalue weighted by Gasteiger charge is 2.13. The van der Waals surface area contributed by atoms with E-state index in [0.717, 1.165) is 34.2 Å². The number of hydrogen-bond donors (Lipinski definition) is 0. The first-order chi connectivity index (χ1) is 11.2. The summed E-state index contributed by atoms with van der Waals surface area (Å²) in [4.78, 5) is 0. The summed E-state index contributed by atoms with van der Waals surface area (Å²) in [6.07, 6.45) is 2.87. The fourth-order valence-electron chi connectivity index (χ4n) is 2.49. The second kappa shape index (κ2) is 7.36. The molecule has 6 heteroatoms. The molecule has 0 aliphatic heterocycles. The number of halogens is 1. The minimum Gasteiger partial charge on any atom is -0.354 e. The van der Waals surface area contributed by atoms with E-state index in [-0.39, 0.29) is 0 Å². The van der Waals surface area contributed by atoms with E-state index >= 15 is 0 Å². The molecule has 0 aliphatic rings. The molecular formula is C17H19BrN4S. The van der Waals surface area contributed by atoms with Crippen molar-refractivity contribution in [2.45, 2.75) is 30.8 Å². The average molecular weight is 391 g/mol. The Hall–Kier alpha value is -1.53. The van der Waals surface area contributed by atoms with Crippen molar-refractivity contribution in [3.05, 3.63) is 64.1 Å². The Bertz CT molecular complexity index is 793. The fraction of sp³-hybridized carbons (Fsp3) is 0.294. The van der Waals surface area contributed by atoms with Crippen molar-refractivity contribution >= 4 is 27.7 Å². The summed E-state index contributed by atoms with van der Waals surface area (Å²) >= 11 is 5.25. The maximum Gasteiger partial charge on any atom is 0.191 e. The van der Waals surface area contributed by atoms with Crippen LogP contribution in [0, 0.1) is 0 Å². The van der Waals surface area contributed by atoms with Crippen LogP contribution in [-0.4, -0.2) is 19.3 Å². The predicted octanol–water partition coefficient (Wildman–Crippen LogP) is 4.28. The third-order valence-corrected chi connectivity index (χ3v) is 5.29. The van der Waals surface area contributed by atoms with Gasteiger partial charge in [-0.25, -0.2) is 0 Å². The van der Waals surface area contributed by atoms with Crippen molar-refractivity contribution in [1.82, 2.24) is 19.3 Å². The fourth-order valence-corrected chi connectivity index (χ4v) is 3.90. The van der Waals surface area contributed by atoms with Crippen LogP contribution in [0.1, 0.15) is 24.0 Å². The van der Waals surface area contributed by atoms with Crippen molar-refractivity contribution < 1.29 is 0 Å². The van der Waals surface area contributed by atoms with E-state index in [4.69, 9.17) is 0 Å². The summed E-state index contributed by atoms with van der Waals surface area (Å²) in [6.45, 7) is 3.02. The van der Waals surface area contributed by atoms with Gasteiger partial charge in [-0.1, -0.05) is 39.8 Å². The van der Waals surface area contributed by atoms with Gasteiger partial charge >= 0.3 is 0 Å². The number of thioether (sulfide) groups is 1. The van der Waals surface area contributed by atoms with Crippen LogP contribution < -0.4 is 0 Å². The molecule has 0 saturated heterocycles. The number of aryl methyl sites for hydroxylation is 1. The van der Waals surface area contributed by atoms with Crippen molar-refractivity contribution in [1.29, 1.82) is 0 Å². The molecule has 0 radical (unpaired) electrons. The zero-order chi connectivity index (χ0) is 16.2. The third-order valence-electron chi connectivity index (χ3n) is 3.76. The van der Waals surface area contributed by atoms with Crippen molar-refractivity contribution in [3.63, 3.8) is 0 Å². The molecule has 0 amide bonds. The quantitative estimate of drug-likeness (QED) is 0.589. The van der Waals surface area contributed by atoms with Gasteiger partial charge in [0, 0.05) is 42.1 Å². The van der Waals surface area contributed by atoms with Gasteiger partial charge in [0.2, 0.25) is 0 Å². The van der Waals surface area contributed by atoms with Crippen molar-refractivity contribution in [3.8, 4) is 0 Å². The second-order valence-corrected chi connectivity index (χ2v) is 7.21. The summed E-state index contributed by atoms with van der Waals surface area (Å²) in [7, 11) is 2.06. The van der Waals surface area contributed by atoms with Crippen molar-refractivity contribution in [2.75, 3.05) is 0 Å². The maximum absolute atomic E-state index is 4.40. The van der Waals surface area contributed by atoms with E-state index in [9.17, 15) is 0 Å². The lowest BCUT2D eigenvalue weighted by Crippen LogP contribution is -2.06. The molecule has 1 aromatic carbocycles. The lowest BCUT2D eigenvalue weighted by Gasteiger charge is -2.08. The highest BCUT2D eigenvalue weighted by Crippen LogP contribution is 2.24. The highest BCUT2D eigenvalue weighted by atomic mass is 79.9. The van der Waals surface area contributed by atoms with Crippen LogP contribution >= 0.6 is 27.7 Å². The van der Waals surface area contributed by atoms with Gasteiger partial charge in [-0.05, 0) is 36.8 Å². The lowest BCUT2D eigenvalue weighted by molar-refractivity contribution is 0.645. The summed E-state index contributed by atoms with van der Waals surface area (Å²) < 4.78 is 5.44. The predicted molar refractivity (Wildman–Crippen MR) is 97.6 cm³/mol. The van der Waals surface area contributed by atoms with Crippen LogP contribution in [0.15, 0.2) is 52.2 Å². The molecular weight excluding hydrogens is 372 g/mol. The molecule has 2 heterocycles. The molecule has 0 fully saturated rings. The van der Waals surface area contributed by atoms with Crippen LogP contribution in [0.4, 0.5) is 0 Å². The molecule has 4 nitrogen and oxygen atoms in total. The molecule has 120 valence electrons. The monoisotopic (exact) mass is 390 g/mol. The van der Waals surface area contributed by atoms with Crippen LogP contribution in [-0.2, 0) is 25.8 Å². The van der Waals surface area contributed by atoms with Gasteiger partial charge in [0.25, 0.3) is 0 Å². The molecule has 0 aliphatic carbocycles. The SMILES string of the molecule is CCn1c(Cc2cccn2C)nnc1SCc1cccc(Br)c1. The normalized spacial score (nSPS) is 11.1. The first kappa shape index (κ1) is 16.3. The maximum atomic E-state index is 4.40. The summed E-state index contributed by atoms with van der Waals surface area (Å²) in [5.74, 6) is 1.91. The summed E-state index contributed by atoms with van der Waals surface area (Å²) in [6, 6.07) is 12.6. The number of benzene rings is 1. The molecule has 0 bridgehead atoms. The summed E-state index contributed by atoms with van der Waals surface area (Å²) in [5, 5.41) is 9.78. The Balaban J connectivity index is 1.74. The molecule has 2 aromatic heterocycles. The number of hydrogen-bond acceptors (Lipinski definition) is 3. The van der Waals surface area contributed by atoms with Gasteiger partial charge in [0.1, 0.15) is 5.82 Å². The van der Waals surface area contributed by atoms with E-state index in [1.807, 2.05) is 6.07 Å². The minimum atomic E-state index is 0.807. The first-order valence-electron chi connectivity index (χ1n) is 7.57. The minimum absolute atomic E-state index is 0.807. The molecule has 0 saturated carbocycles. The third kappa shape index (κ3) is 3.87. The van der Waals surface area contributed by atoms with Gasteiger partial charge < -0.3 is 9.13 Å². The van der Waals surface area contributed by atoms with Crippen molar-refractivity contribution in [2.24, 2.45) is 7.05 Å². The van der Waals surface area contributed by atoms with Gasteiger partial charge in [0.05, 0.1) is 0 Å².